The van der Waals surface area contributed by atoms with Crippen molar-refractivity contribution in [2.24, 2.45) is 0 Å². The summed E-state index contributed by atoms with van der Waals surface area (Å²) in [5, 5.41) is 4.63. The predicted molar refractivity (Wildman–Crippen MR) is 274 cm³/mol. The van der Waals surface area contributed by atoms with Crippen molar-refractivity contribution < 1.29 is 13.3 Å². The number of hydrogen-bond acceptors (Lipinski definition) is 3. The van der Waals surface area contributed by atoms with E-state index in [2.05, 4.69) is 189 Å². The third kappa shape index (κ3) is 11.7. The topological polar surface area (TPSA) is 75.1 Å². The SMILES string of the molecule is CC(C)(C)[Si](C)(C)OCCCc1cc2c[c]([Bi]([c]3ccc4[nH]c(CCCO[Si](C)(C)C(C)(C)C)cc4c3)[c]3ccc4[nH]c(CCCO[Si](C)(C)C(C)(C)C)cc4c3)ccc2[nH]1. The Labute approximate surface area is 379 Å². The first-order valence-corrected chi connectivity index (χ1v) is 36.8. The summed E-state index contributed by atoms with van der Waals surface area (Å²) in [7, 11) is -5.24. The summed E-state index contributed by atoms with van der Waals surface area (Å²) in [4.78, 5) is 11.3. The van der Waals surface area contributed by atoms with Crippen LogP contribution in [0.25, 0.3) is 32.7 Å². The van der Waals surface area contributed by atoms with Crippen LogP contribution in [0.5, 0.6) is 0 Å². The van der Waals surface area contributed by atoms with E-state index in [9.17, 15) is 0 Å². The molecule has 6 rings (SSSR count). The van der Waals surface area contributed by atoms with Crippen LogP contribution in [0, 0.1) is 0 Å². The fourth-order valence-electron chi connectivity index (χ4n) is 7.23. The molecular weight excluding hydrogens is 996 g/mol. The van der Waals surface area contributed by atoms with Gasteiger partial charge in [0.05, 0.1) is 0 Å². The van der Waals surface area contributed by atoms with Gasteiger partial charge in [0.25, 0.3) is 0 Å². The van der Waals surface area contributed by atoms with Crippen LogP contribution < -0.4 is 9.81 Å². The number of fused-ring (bicyclic) bond motifs is 3. The van der Waals surface area contributed by atoms with Gasteiger partial charge in [-0.15, -0.1) is 0 Å². The molecule has 0 saturated carbocycles. The Bertz CT molecular complexity index is 2140. The van der Waals surface area contributed by atoms with E-state index in [0.29, 0.717) is 0 Å². The first kappa shape index (κ1) is 48.2. The van der Waals surface area contributed by atoms with Crippen molar-refractivity contribution in [3.8, 4) is 0 Å². The van der Waals surface area contributed by atoms with E-state index in [4.69, 9.17) is 13.3 Å². The van der Waals surface area contributed by atoms with E-state index in [0.717, 1.165) is 58.3 Å². The van der Waals surface area contributed by atoms with E-state index in [1.54, 1.807) is 0 Å². The Morgan fingerprint density at radius 1 is 0.410 bits per heavy atom. The zero-order valence-corrected chi connectivity index (χ0v) is 46.9. The number of H-pyrrole nitrogens is 3. The molecule has 61 heavy (non-hydrogen) atoms. The van der Waals surface area contributed by atoms with Gasteiger partial charge in [-0.1, -0.05) is 0 Å². The van der Waals surface area contributed by atoms with Gasteiger partial charge in [0, 0.05) is 0 Å². The van der Waals surface area contributed by atoms with Crippen LogP contribution >= 0.6 is 0 Å². The summed E-state index contributed by atoms with van der Waals surface area (Å²) in [5.74, 6) is 0. The molecule has 332 valence electrons. The molecule has 0 bridgehead atoms. The number of rotatable bonds is 18. The quantitative estimate of drug-likeness (QED) is 0.0593. The van der Waals surface area contributed by atoms with Crippen molar-refractivity contribution in [3.05, 3.63) is 89.9 Å². The molecule has 0 aliphatic carbocycles. The van der Waals surface area contributed by atoms with Gasteiger partial charge in [0.1, 0.15) is 0 Å². The van der Waals surface area contributed by atoms with Crippen LogP contribution in [0.15, 0.2) is 72.8 Å². The van der Waals surface area contributed by atoms with Crippen molar-refractivity contribution in [1.82, 2.24) is 15.0 Å². The molecule has 0 aliphatic rings. The van der Waals surface area contributed by atoms with Gasteiger partial charge in [-0.3, -0.25) is 0 Å². The van der Waals surface area contributed by atoms with Gasteiger partial charge in [-0.25, -0.2) is 0 Å². The molecule has 0 amide bonds. The number of aromatic amines is 3. The Morgan fingerprint density at radius 2 is 0.672 bits per heavy atom. The molecule has 0 saturated heterocycles. The summed E-state index contributed by atoms with van der Waals surface area (Å²) in [6, 6.07) is 28.9. The summed E-state index contributed by atoms with van der Waals surface area (Å²) >= 11 is -2.79. The van der Waals surface area contributed by atoms with Crippen molar-refractivity contribution >= 4 is 89.2 Å². The van der Waals surface area contributed by atoms with Crippen LogP contribution in [0.3, 0.4) is 0 Å². The summed E-state index contributed by atoms with van der Waals surface area (Å²) in [6.45, 7) is 37.4. The van der Waals surface area contributed by atoms with E-state index >= 15 is 0 Å². The number of nitrogens with one attached hydrogen (secondary N) is 3. The molecule has 0 atom stereocenters. The Balaban J connectivity index is 1.25. The second-order valence-corrected chi connectivity index (χ2v) is 45.2. The van der Waals surface area contributed by atoms with Gasteiger partial charge < -0.3 is 0 Å². The van der Waals surface area contributed by atoms with Crippen LogP contribution in [-0.4, -0.2) is 81.5 Å². The van der Waals surface area contributed by atoms with Crippen molar-refractivity contribution in [1.29, 1.82) is 0 Å². The first-order valence-electron chi connectivity index (χ1n) is 22.9. The Kier molecular flexibility index (Phi) is 14.7. The molecule has 3 aromatic carbocycles. The second-order valence-electron chi connectivity index (χ2n) is 22.2. The van der Waals surface area contributed by atoms with E-state index < -0.39 is 46.7 Å². The molecule has 10 heteroatoms. The van der Waals surface area contributed by atoms with Crippen molar-refractivity contribution in [2.45, 2.75) is 155 Å². The van der Waals surface area contributed by atoms with Crippen LogP contribution in [0.4, 0.5) is 0 Å². The number of aryl methyl sites for hydroxylation is 3. The number of hydrogen-bond donors (Lipinski definition) is 3. The fraction of sp³-hybridized carbons (Fsp3) is 0.529. The van der Waals surface area contributed by atoms with Crippen LogP contribution in [0.2, 0.25) is 54.4 Å². The van der Waals surface area contributed by atoms with Gasteiger partial charge in [0.2, 0.25) is 0 Å². The summed E-state index contributed by atoms with van der Waals surface area (Å²) < 4.78 is 24.1. The van der Waals surface area contributed by atoms with Gasteiger partial charge in [0.15, 0.2) is 0 Å². The molecular formula is C51H78BiN3O3Si3. The van der Waals surface area contributed by atoms with Gasteiger partial charge in [-0.05, 0) is 0 Å². The van der Waals surface area contributed by atoms with Gasteiger partial charge in [-0.2, -0.15) is 0 Å². The molecule has 6 aromatic rings. The van der Waals surface area contributed by atoms with E-state index in [1.807, 2.05) is 0 Å². The van der Waals surface area contributed by atoms with Crippen LogP contribution in [-0.2, 0) is 32.5 Å². The molecule has 3 heterocycles. The summed E-state index contributed by atoms with van der Waals surface area (Å²) in [6.07, 6.45) is 6.06. The Morgan fingerprint density at radius 3 is 0.918 bits per heavy atom. The third-order valence-corrected chi connectivity index (χ3v) is 37.2. The molecule has 0 spiro atoms. The fourth-order valence-corrected chi connectivity index (χ4v) is 19.7. The molecule has 0 radical (unpaired) electrons. The van der Waals surface area contributed by atoms with Crippen molar-refractivity contribution in [3.63, 3.8) is 0 Å². The maximum absolute atomic E-state index is 6.52. The predicted octanol–water partition coefficient (Wildman–Crippen LogP) is 12.5. The van der Waals surface area contributed by atoms with E-state index in [1.165, 1.54) is 59.6 Å². The zero-order valence-electron chi connectivity index (χ0n) is 40.5. The average molecular weight is 1070 g/mol. The monoisotopic (exact) mass is 1070 g/mol. The minimum atomic E-state index is -2.79. The van der Waals surface area contributed by atoms with E-state index in [-0.39, 0.29) is 15.1 Å². The summed E-state index contributed by atoms with van der Waals surface area (Å²) in [5.41, 5.74) is 7.55. The van der Waals surface area contributed by atoms with Crippen molar-refractivity contribution in [2.75, 3.05) is 19.8 Å². The van der Waals surface area contributed by atoms with Crippen LogP contribution in [0.1, 0.15) is 98.7 Å². The normalized spacial score (nSPS) is 13.8. The molecule has 0 aliphatic heterocycles. The minimum absolute atomic E-state index is 0.231. The molecule has 3 aromatic heterocycles. The Hall–Kier alpha value is -2.31. The molecule has 0 fully saturated rings. The zero-order chi connectivity index (χ0) is 44.6. The second kappa shape index (κ2) is 18.7. The third-order valence-electron chi connectivity index (χ3n) is 14.3. The average Bonchev–Trinajstić information content (AvgIpc) is 3.88. The molecule has 3 N–H and O–H groups in total. The molecule has 0 unspecified atom stereocenters. The maximum atomic E-state index is 6.52. The van der Waals surface area contributed by atoms with Gasteiger partial charge >= 0.3 is 382 Å². The molecule has 6 nitrogen and oxygen atoms in total. The number of aromatic nitrogens is 3. The first-order chi connectivity index (χ1) is 28.3. The standard InChI is InChI=1S/3C17H26NOSi.Bi/c3*1-17(2,3)20(4,5)19-12-8-10-15-13-14-9-6-7-11-16(14)18-15;/h3*7,9,11,13,18H,8,10,12H2,1-5H3;. The number of benzene rings is 3.